The molecule has 0 bridgehead atoms. The number of methoxy groups -OCH3 is 1. The Kier molecular flexibility index (Phi) is 4.09. The Hall–Kier alpha value is -2.90. The van der Waals surface area contributed by atoms with E-state index in [4.69, 9.17) is 0 Å². The van der Waals surface area contributed by atoms with Crippen molar-refractivity contribution in [1.82, 2.24) is 24.8 Å². The Morgan fingerprint density at radius 3 is 3.16 bits per heavy atom. The van der Waals surface area contributed by atoms with Gasteiger partial charge < -0.3 is 10.1 Å². The van der Waals surface area contributed by atoms with Crippen LogP contribution in [0, 0.1) is 0 Å². The van der Waals surface area contributed by atoms with Crippen molar-refractivity contribution in [3.8, 4) is 0 Å². The number of fused-ring (bicyclic) bond motifs is 1. The Morgan fingerprint density at radius 1 is 1.48 bits per heavy atom. The molecule has 0 spiro atoms. The maximum atomic E-state index is 11.3. The number of aromatic nitrogens is 5. The number of rotatable bonds is 7. The number of aromatic amines is 1. The fraction of sp³-hybridized carbons (Fsp3) is 0.412. The first-order chi connectivity index (χ1) is 12.2. The van der Waals surface area contributed by atoms with Crippen LogP contribution in [0.4, 0.5) is 11.6 Å². The molecule has 1 saturated carbocycles. The fourth-order valence-corrected chi connectivity index (χ4v) is 2.80. The van der Waals surface area contributed by atoms with Crippen LogP contribution in [0.1, 0.15) is 43.1 Å². The number of anilines is 2. The van der Waals surface area contributed by atoms with Gasteiger partial charge in [0.15, 0.2) is 17.5 Å². The fourth-order valence-electron chi connectivity index (χ4n) is 2.80. The minimum absolute atomic E-state index is 0.218. The van der Waals surface area contributed by atoms with Gasteiger partial charge in [0.25, 0.3) is 0 Å². The van der Waals surface area contributed by atoms with E-state index >= 15 is 0 Å². The summed E-state index contributed by atoms with van der Waals surface area (Å²) in [5.41, 5.74) is 2.05. The zero-order valence-electron chi connectivity index (χ0n) is 14.0. The van der Waals surface area contributed by atoms with Crippen LogP contribution in [0.2, 0.25) is 0 Å². The summed E-state index contributed by atoms with van der Waals surface area (Å²) in [4.78, 5) is 15.9. The third-order valence-corrected chi connectivity index (χ3v) is 4.31. The summed E-state index contributed by atoms with van der Waals surface area (Å²) >= 11 is 0. The van der Waals surface area contributed by atoms with Gasteiger partial charge in [-0.15, -0.1) is 0 Å². The predicted octanol–water partition coefficient (Wildman–Crippen LogP) is 2.57. The van der Waals surface area contributed by atoms with E-state index in [0.29, 0.717) is 36.8 Å². The van der Waals surface area contributed by atoms with Gasteiger partial charge in [0.05, 0.1) is 7.11 Å². The SMILES string of the molecule is COC(=O)CCCc1nc(Nc2cc(C3CC3)[nH]n2)c2cccn2n1. The molecule has 3 aromatic heterocycles. The molecule has 0 unspecified atom stereocenters. The van der Waals surface area contributed by atoms with Crippen molar-refractivity contribution < 1.29 is 9.53 Å². The van der Waals surface area contributed by atoms with E-state index < -0.39 is 0 Å². The molecular weight excluding hydrogens is 320 g/mol. The largest absolute Gasteiger partial charge is 0.469 e. The predicted molar refractivity (Wildman–Crippen MR) is 91.8 cm³/mol. The molecule has 0 aliphatic heterocycles. The number of nitrogens with zero attached hydrogens (tertiary/aromatic N) is 4. The lowest BCUT2D eigenvalue weighted by molar-refractivity contribution is -0.140. The van der Waals surface area contributed by atoms with E-state index in [2.05, 4.69) is 30.3 Å². The van der Waals surface area contributed by atoms with Crippen LogP contribution in [0.25, 0.3) is 5.52 Å². The quantitative estimate of drug-likeness (QED) is 0.642. The van der Waals surface area contributed by atoms with E-state index in [-0.39, 0.29) is 5.97 Å². The molecule has 8 heteroatoms. The highest BCUT2D eigenvalue weighted by molar-refractivity contribution is 5.72. The molecule has 1 fully saturated rings. The van der Waals surface area contributed by atoms with Crippen molar-refractivity contribution in [2.24, 2.45) is 0 Å². The third kappa shape index (κ3) is 3.47. The molecule has 0 radical (unpaired) electrons. The molecule has 4 rings (SSSR count). The average Bonchev–Trinajstić information content (AvgIpc) is 3.16. The summed E-state index contributed by atoms with van der Waals surface area (Å²) in [7, 11) is 1.40. The smallest absolute Gasteiger partial charge is 0.305 e. The van der Waals surface area contributed by atoms with Gasteiger partial charge in [0, 0.05) is 36.7 Å². The summed E-state index contributed by atoms with van der Waals surface area (Å²) in [6, 6.07) is 5.92. The molecule has 0 saturated heterocycles. The van der Waals surface area contributed by atoms with Gasteiger partial charge in [-0.05, 0) is 31.4 Å². The topological polar surface area (TPSA) is 97.2 Å². The lowest BCUT2D eigenvalue weighted by Gasteiger charge is -2.08. The summed E-state index contributed by atoms with van der Waals surface area (Å²) in [5, 5.41) is 15.2. The third-order valence-electron chi connectivity index (χ3n) is 4.31. The van der Waals surface area contributed by atoms with Crippen molar-refractivity contribution in [3.63, 3.8) is 0 Å². The van der Waals surface area contributed by atoms with Crippen LogP contribution in [0.5, 0.6) is 0 Å². The Labute approximate surface area is 144 Å². The molecular formula is C17H20N6O2. The summed E-state index contributed by atoms with van der Waals surface area (Å²) in [6.45, 7) is 0. The zero-order valence-corrected chi connectivity index (χ0v) is 14.0. The molecule has 3 aromatic rings. The lowest BCUT2D eigenvalue weighted by atomic mass is 10.2. The molecule has 1 aliphatic rings. The first kappa shape index (κ1) is 15.6. The molecule has 3 heterocycles. The number of H-pyrrole nitrogens is 1. The number of hydrogen-bond acceptors (Lipinski definition) is 6. The number of aryl methyl sites for hydroxylation is 1. The second-order valence-electron chi connectivity index (χ2n) is 6.25. The van der Waals surface area contributed by atoms with Gasteiger partial charge in [0.2, 0.25) is 0 Å². The lowest BCUT2D eigenvalue weighted by Crippen LogP contribution is -2.07. The second-order valence-corrected chi connectivity index (χ2v) is 6.25. The Balaban J connectivity index is 1.53. The van der Waals surface area contributed by atoms with Crippen molar-refractivity contribution in [2.45, 2.75) is 38.0 Å². The maximum Gasteiger partial charge on any atom is 0.305 e. The number of esters is 1. The highest BCUT2D eigenvalue weighted by Gasteiger charge is 2.25. The number of ether oxygens (including phenoxy) is 1. The minimum atomic E-state index is -0.218. The highest BCUT2D eigenvalue weighted by atomic mass is 16.5. The first-order valence-corrected chi connectivity index (χ1v) is 8.46. The minimum Gasteiger partial charge on any atom is -0.469 e. The number of carbonyl (C=O) groups excluding carboxylic acids is 1. The van der Waals surface area contributed by atoms with Gasteiger partial charge in [-0.2, -0.15) is 10.2 Å². The summed E-state index contributed by atoms with van der Waals surface area (Å²) in [6.07, 6.45) is 5.94. The molecule has 0 amide bonds. The summed E-state index contributed by atoms with van der Waals surface area (Å²) in [5.74, 6) is 2.54. The van der Waals surface area contributed by atoms with Crippen molar-refractivity contribution in [2.75, 3.05) is 12.4 Å². The van der Waals surface area contributed by atoms with E-state index in [0.717, 1.165) is 11.3 Å². The maximum absolute atomic E-state index is 11.3. The van der Waals surface area contributed by atoms with E-state index in [1.807, 2.05) is 24.4 Å². The molecule has 0 aromatic carbocycles. The van der Waals surface area contributed by atoms with Gasteiger partial charge in [-0.3, -0.25) is 9.89 Å². The number of hydrogen-bond donors (Lipinski definition) is 2. The second kappa shape index (κ2) is 6.54. The van der Waals surface area contributed by atoms with Gasteiger partial charge >= 0.3 is 5.97 Å². The van der Waals surface area contributed by atoms with E-state index in [1.165, 1.54) is 25.6 Å². The molecule has 130 valence electrons. The van der Waals surface area contributed by atoms with Crippen LogP contribution < -0.4 is 5.32 Å². The number of nitrogens with one attached hydrogen (secondary N) is 2. The van der Waals surface area contributed by atoms with E-state index in [1.54, 1.807) is 4.52 Å². The normalized spacial score (nSPS) is 14.0. The molecule has 25 heavy (non-hydrogen) atoms. The van der Waals surface area contributed by atoms with Crippen LogP contribution >= 0.6 is 0 Å². The van der Waals surface area contributed by atoms with Crippen LogP contribution in [-0.2, 0) is 16.0 Å². The molecule has 2 N–H and O–H groups in total. The van der Waals surface area contributed by atoms with Gasteiger partial charge in [-0.25, -0.2) is 9.50 Å². The highest BCUT2D eigenvalue weighted by Crippen LogP contribution is 2.39. The Morgan fingerprint density at radius 2 is 2.36 bits per heavy atom. The van der Waals surface area contributed by atoms with Gasteiger partial charge in [0.1, 0.15) is 5.52 Å². The monoisotopic (exact) mass is 340 g/mol. The summed E-state index contributed by atoms with van der Waals surface area (Å²) < 4.78 is 6.46. The Bertz CT molecular complexity index is 896. The molecule has 1 aliphatic carbocycles. The van der Waals surface area contributed by atoms with Crippen LogP contribution in [0.15, 0.2) is 24.4 Å². The average molecular weight is 340 g/mol. The first-order valence-electron chi connectivity index (χ1n) is 8.46. The van der Waals surface area contributed by atoms with Crippen molar-refractivity contribution >= 4 is 23.1 Å². The molecule has 0 atom stereocenters. The van der Waals surface area contributed by atoms with Gasteiger partial charge in [-0.1, -0.05) is 0 Å². The standard InChI is InChI=1S/C17H20N6O2/c1-25-16(24)6-2-5-14-18-17(13-4-3-9-23(13)22-14)19-15-10-12(20-21-15)11-7-8-11/h3-4,9-11H,2,5-8H2,1H3,(H2,18,19,20,21,22). The molecule has 8 nitrogen and oxygen atoms in total. The van der Waals surface area contributed by atoms with Crippen molar-refractivity contribution in [1.29, 1.82) is 0 Å². The van der Waals surface area contributed by atoms with Crippen LogP contribution in [0.3, 0.4) is 0 Å². The van der Waals surface area contributed by atoms with Crippen LogP contribution in [-0.4, -0.2) is 37.9 Å². The zero-order chi connectivity index (χ0) is 17.2. The van der Waals surface area contributed by atoms with Crippen molar-refractivity contribution in [3.05, 3.63) is 35.9 Å². The number of carbonyl (C=O) groups is 1. The van der Waals surface area contributed by atoms with E-state index in [9.17, 15) is 4.79 Å².